The molecule has 0 bridgehead atoms. The topological polar surface area (TPSA) is 61.4 Å². The van der Waals surface area contributed by atoms with Crippen LogP contribution >= 0.6 is 0 Å². The Kier molecular flexibility index (Phi) is 1.32. The van der Waals surface area contributed by atoms with Gasteiger partial charge in [-0.3, -0.25) is 0 Å². The zero-order valence-electron chi connectivity index (χ0n) is 6.26. The second kappa shape index (κ2) is 2.11. The summed E-state index contributed by atoms with van der Waals surface area (Å²) in [7, 11) is 0. The summed E-state index contributed by atoms with van der Waals surface area (Å²) >= 11 is 0. The second-order valence-corrected chi connectivity index (χ2v) is 3.55. The predicted molar refractivity (Wildman–Crippen MR) is 39.4 cm³/mol. The Balaban J connectivity index is 1.83. The van der Waals surface area contributed by atoms with Gasteiger partial charge in [-0.05, 0) is 18.9 Å². The molecule has 2 rings (SSSR count). The van der Waals surface area contributed by atoms with Crippen molar-refractivity contribution in [2.75, 3.05) is 19.6 Å². The largest absolute Gasteiger partial charge is 0.465 e. The number of nitrogens with one attached hydrogen (secondary N) is 2. The number of carboxylic acid groups (broad SMARTS) is 1. The maximum atomic E-state index is 10.2. The molecule has 1 aliphatic heterocycles. The van der Waals surface area contributed by atoms with E-state index in [9.17, 15) is 4.79 Å². The molecule has 1 aliphatic carbocycles. The van der Waals surface area contributed by atoms with Crippen LogP contribution < -0.4 is 10.6 Å². The first-order chi connectivity index (χ1) is 5.23. The summed E-state index contributed by atoms with van der Waals surface area (Å²) in [6.07, 6.45) is 0.289. The van der Waals surface area contributed by atoms with Crippen LogP contribution in [0.2, 0.25) is 0 Å². The molecule has 2 fully saturated rings. The zero-order chi connectivity index (χ0) is 7.90. The minimum Gasteiger partial charge on any atom is -0.465 e. The fourth-order valence-electron chi connectivity index (χ4n) is 1.96. The van der Waals surface area contributed by atoms with Crippen LogP contribution in [-0.2, 0) is 0 Å². The number of hydrogen-bond acceptors (Lipinski definition) is 2. The smallest absolute Gasteiger partial charge is 0.404 e. The van der Waals surface area contributed by atoms with E-state index in [1.807, 2.05) is 0 Å². The molecule has 1 amide bonds. The molecular formula is C7H12N2O2. The summed E-state index contributed by atoms with van der Waals surface area (Å²) < 4.78 is 0. The van der Waals surface area contributed by atoms with Gasteiger partial charge >= 0.3 is 6.09 Å². The van der Waals surface area contributed by atoms with Crippen molar-refractivity contribution in [3.8, 4) is 0 Å². The van der Waals surface area contributed by atoms with Gasteiger partial charge in [0.15, 0.2) is 0 Å². The number of amides is 1. The lowest BCUT2D eigenvalue weighted by Crippen LogP contribution is -2.31. The predicted octanol–water partition coefficient (Wildman–Crippen LogP) is -0.137. The number of hydrogen-bond donors (Lipinski definition) is 3. The molecule has 2 atom stereocenters. The molecule has 1 saturated heterocycles. The van der Waals surface area contributed by atoms with Gasteiger partial charge in [0, 0.05) is 18.5 Å². The van der Waals surface area contributed by atoms with Gasteiger partial charge in [0.05, 0.1) is 0 Å². The van der Waals surface area contributed by atoms with E-state index < -0.39 is 6.09 Å². The summed E-state index contributed by atoms with van der Waals surface area (Å²) in [5.74, 6) is 0.731. The van der Waals surface area contributed by atoms with Crippen LogP contribution in [0.4, 0.5) is 4.79 Å². The molecule has 4 heteroatoms. The number of carbonyl (C=O) groups is 1. The Bertz CT molecular complexity index is 195. The van der Waals surface area contributed by atoms with Crippen molar-refractivity contribution in [2.24, 2.45) is 11.3 Å². The lowest BCUT2D eigenvalue weighted by Gasteiger charge is -2.09. The molecule has 11 heavy (non-hydrogen) atoms. The number of rotatable bonds is 2. The number of piperidine rings is 1. The standard InChI is InChI=1S/C7H12N2O2/c10-6(11)9-4-7-1-5(7)2-8-3-7/h5,8-9H,1-4H2,(H,10,11)/t5-,7?/m1/s1. The van der Waals surface area contributed by atoms with E-state index in [0.29, 0.717) is 12.0 Å². The van der Waals surface area contributed by atoms with Crippen LogP contribution in [0, 0.1) is 11.3 Å². The quantitative estimate of drug-likeness (QED) is 0.521. The third-order valence-electron chi connectivity index (χ3n) is 2.82. The van der Waals surface area contributed by atoms with Crippen molar-refractivity contribution in [1.82, 2.24) is 10.6 Å². The molecule has 1 saturated carbocycles. The highest BCUT2D eigenvalue weighted by molar-refractivity contribution is 5.64. The molecule has 0 aromatic heterocycles. The van der Waals surface area contributed by atoms with Gasteiger partial charge in [-0.2, -0.15) is 0 Å². The van der Waals surface area contributed by atoms with Crippen LogP contribution in [0.1, 0.15) is 6.42 Å². The van der Waals surface area contributed by atoms with E-state index in [-0.39, 0.29) is 0 Å². The van der Waals surface area contributed by atoms with Crippen LogP contribution in [-0.4, -0.2) is 30.8 Å². The van der Waals surface area contributed by atoms with E-state index in [1.54, 1.807) is 0 Å². The lowest BCUT2D eigenvalue weighted by atomic mass is 10.1. The summed E-state index contributed by atoms with van der Waals surface area (Å²) in [5, 5.41) is 14.1. The van der Waals surface area contributed by atoms with Crippen molar-refractivity contribution in [3.63, 3.8) is 0 Å². The highest BCUT2D eigenvalue weighted by atomic mass is 16.4. The Labute approximate surface area is 65.0 Å². The molecule has 1 unspecified atom stereocenters. The Morgan fingerprint density at radius 1 is 1.82 bits per heavy atom. The third-order valence-corrected chi connectivity index (χ3v) is 2.82. The highest BCUT2D eigenvalue weighted by Crippen LogP contribution is 2.54. The Morgan fingerprint density at radius 2 is 2.64 bits per heavy atom. The molecule has 0 radical (unpaired) electrons. The summed E-state index contributed by atoms with van der Waals surface area (Å²) in [4.78, 5) is 10.2. The van der Waals surface area contributed by atoms with E-state index in [0.717, 1.165) is 19.0 Å². The first-order valence-electron chi connectivity index (χ1n) is 3.90. The molecule has 2 aliphatic rings. The molecule has 0 aromatic carbocycles. The highest BCUT2D eigenvalue weighted by Gasteiger charge is 2.56. The van der Waals surface area contributed by atoms with Crippen LogP contribution in [0.25, 0.3) is 0 Å². The molecule has 1 heterocycles. The van der Waals surface area contributed by atoms with E-state index in [4.69, 9.17) is 5.11 Å². The van der Waals surface area contributed by atoms with E-state index in [1.165, 1.54) is 6.42 Å². The molecule has 4 nitrogen and oxygen atoms in total. The second-order valence-electron chi connectivity index (χ2n) is 3.55. The third kappa shape index (κ3) is 1.07. The van der Waals surface area contributed by atoms with Gasteiger partial charge < -0.3 is 15.7 Å². The van der Waals surface area contributed by atoms with Crippen molar-refractivity contribution in [1.29, 1.82) is 0 Å². The Hall–Kier alpha value is -0.770. The number of fused-ring (bicyclic) bond motifs is 1. The van der Waals surface area contributed by atoms with Crippen molar-refractivity contribution >= 4 is 6.09 Å². The van der Waals surface area contributed by atoms with E-state index >= 15 is 0 Å². The molecule has 3 N–H and O–H groups in total. The Morgan fingerprint density at radius 3 is 3.09 bits per heavy atom. The van der Waals surface area contributed by atoms with Gasteiger partial charge in [-0.1, -0.05) is 0 Å². The summed E-state index contributed by atoms with van der Waals surface area (Å²) in [5.41, 5.74) is 0.290. The fourth-order valence-corrected chi connectivity index (χ4v) is 1.96. The maximum absolute atomic E-state index is 10.2. The lowest BCUT2D eigenvalue weighted by molar-refractivity contribution is 0.191. The molecule has 0 aromatic rings. The average Bonchev–Trinajstić information content (AvgIpc) is 2.52. The van der Waals surface area contributed by atoms with Crippen molar-refractivity contribution in [2.45, 2.75) is 6.42 Å². The first-order valence-corrected chi connectivity index (χ1v) is 3.90. The molecule has 0 spiro atoms. The average molecular weight is 156 g/mol. The van der Waals surface area contributed by atoms with Crippen molar-refractivity contribution in [3.05, 3.63) is 0 Å². The molecule has 62 valence electrons. The minimum absolute atomic E-state index is 0.290. The van der Waals surface area contributed by atoms with E-state index in [2.05, 4.69) is 10.6 Å². The molecular weight excluding hydrogens is 144 g/mol. The summed E-state index contributed by atoms with van der Waals surface area (Å²) in [6, 6.07) is 0. The fraction of sp³-hybridized carbons (Fsp3) is 0.857. The van der Waals surface area contributed by atoms with Crippen molar-refractivity contribution < 1.29 is 9.90 Å². The van der Waals surface area contributed by atoms with Crippen LogP contribution in [0.5, 0.6) is 0 Å². The van der Waals surface area contributed by atoms with Crippen LogP contribution in [0.3, 0.4) is 0 Å². The van der Waals surface area contributed by atoms with Gasteiger partial charge in [0.2, 0.25) is 0 Å². The van der Waals surface area contributed by atoms with Gasteiger partial charge in [0.25, 0.3) is 0 Å². The van der Waals surface area contributed by atoms with Gasteiger partial charge in [0.1, 0.15) is 0 Å². The van der Waals surface area contributed by atoms with Gasteiger partial charge in [-0.25, -0.2) is 4.79 Å². The monoisotopic (exact) mass is 156 g/mol. The van der Waals surface area contributed by atoms with Crippen LogP contribution in [0.15, 0.2) is 0 Å². The maximum Gasteiger partial charge on any atom is 0.404 e. The SMILES string of the molecule is O=C(O)NCC12CNC[C@H]1C2. The first kappa shape index (κ1) is 6.91. The zero-order valence-corrected chi connectivity index (χ0v) is 6.26. The normalized spacial score (nSPS) is 39.8. The van der Waals surface area contributed by atoms with Gasteiger partial charge in [-0.15, -0.1) is 0 Å². The summed E-state index contributed by atoms with van der Waals surface area (Å²) in [6.45, 7) is 2.68. The minimum atomic E-state index is -0.906.